The lowest BCUT2D eigenvalue weighted by atomic mass is 10.1. The Morgan fingerprint density at radius 1 is 1.52 bits per heavy atom. The number of ether oxygens (including phenoxy) is 1. The summed E-state index contributed by atoms with van der Waals surface area (Å²) in [4.78, 5) is 11.3. The van der Waals surface area contributed by atoms with Crippen molar-refractivity contribution in [3.8, 4) is 0 Å². The van der Waals surface area contributed by atoms with Crippen molar-refractivity contribution in [1.82, 2.24) is 10.0 Å². The molecule has 0 amide bonds. The Balaban J connectivity index is 0.00000220. The molecule has 0 aliphatic carbocycles. The minimum absolute atomic E-state index is 0. The molecule has 1 unspecified atom stereocenters. The average molecular weight is 339 g/mol. The van der Waals surface area contributed by atoms with Gasteiger partial charge in [0.15, 0.2) is 0 Å². The molecule has 2 rings (SSSR count). The van der Waals surface area contributed by atoms with Gasteiger partial charge in [0.2, 0.25) is 15.8 Å². The number of methoxy groups -OCH3 is 1. The smallest absolute Gasteiger partial charge is 0.373 e. The molecule has 1 aliphatic heterocycles. The van der Waals surface area contributed by atoms with Gasteiger partial charge in [-0.05, 0) is 26.3 Å². The van der Waals surface area contributed by atoms with Crippen LogP contribution >= 0.6 is 12.4 Å². The topological polar surface area (TPSA) is 97.6 Å². The lowest BCUT2D eigenvalue weighted by molar-refractivity contribution is 0.0563. The van der Waals surface area contributed by atoms with Gasteiger partial charge < -0.3 is 14.5 Å². The van der Waals surface area contributed by atoms with Gasteiger partial charge in [0.1, 0.15) is 10.7 Å². The monoisotopic (exact) mass is 338 g/mol. The summed E-state index contributed by atoms with van der Waals surface area (Å²) in [5, 5.41) is 3.13. The van der Waals surface area contributed by atoms with Gasteiger partial charge in [0.25, 0.3) is 0 Å². The minimum Gasteiger partial charge on any atom is -0.463 e. The van der Waals surface area contributed by atoms with E-state index in [-0.39, 0.29) is 34.9 Å². The number of carbonyl (C=O) groups is 1. The Morgan fingerprint density at radius 2 is 2.24 bits per heavy atom. The van der Waals surface area contributed by atoms with E-state index in [0.717, 1.165) is 19.4 Å². The summed E-state index contributed by atoms with van der Waals surface area (Å²) in [6, 6.07) is 1.05. The number of nitrogens with one attached hydrogen (secondary N) is 2. The van der Waals surface area contributed by atoms with E-state index >= 15 is 0 Å². The van der Waals surface area contributed by atoms with Crippen molar-refractivity contribution >= 4 is 28.4 Å². The van der Waals surface area contributed by atoms with Crippen molar-refractivity contribution in [2.75, 3.05) is 20.2 Å². The fourth-order valence-electron chi connectivity index (χ4n) is 2.17. The number of carbonyl (C=O) groups excluding carboxylic acids is 1. The maximum atomic E-state index is 12.3. The normalized spacial score (nSPS) is 18.9. The molecule has 1 aromatic rings. The zero-order valence-electron chi connectivity index (χ0n) is 11.8. The number of aryl methyl sites for hydroxylation is 1. The molecule has 7 nitrogen and oxygen atoms in total. The second-order valence-electron chi connectivity index (χ2n) is 4.69. The molecule has 120 valence electrons. The highest BCUT2D eigenvalue weighted by Gasteiger charge is 2.27. The van der Waals surface area contributed by atoms with E-state index in [2.05, 4.69) is 14.8 Å². The largest absolute Gasteiger partial charge is 0.463 e. The summed E-state index contributed by atoms with van der Waals surface area (Å²) in [6.45, 7) is 3.00. The quantitative estimate of drug-likeness (QED) is 0.789. The number of esters is 1. The highest BCUT2D eigenvalue weighted by atomic mass is 35.5. The van der Waals surface area contributed by atoms with Gasteiger partial charge in [-0.15, -0.1) is 12.4 Å². The Hall–Kier alpha value is -1.09. The van der Waals surface area contributed by atoms with Gasteiger partial charge in [-0.3, -0.25) is 0 Å². The molecule has 1 aliphatic rings. The summed E-state index contributed by atoms with van der Waals surface area (Å²) < 4.78 is 36.9. The summed E-state index contributed by atoms with van der Waals surface area (Å²) in [5.74, 6) is -0.650. The van der Waals surface area contributed by atoms with Crippen molar-refractivity contribution < 1.29 is 22.4 Å². The third-order valence-corrected chi connectivity index (χ3v) is 4.79. The van der Waals surface area contributed by atoms with Crippen LogP contribution in [0.3, 0.4) is 0 Å². The van der Waals surface area contributed by atoms with Gasteiger partial charge in [-0.25, -0.2) is 17.9 Å². The van der Waals surface area contributed by atoms with E-state index in [1.807, 2.05) is 0 Å². The molecule has 1 atom stereocenters. The number of sulfonamides is 1. The molecule has 1 aromatic heterocycles. The first-order chi connectivity index (χ1) is 9.44. The molecule has 9 heteroatoms. The number of furan rings is 1. The second kappa shape index (κ2) is 7.26. The summed E-state index contributed by atoms with van der Waals surface area (Å²) in [6.07, 6.45) is 1.71. The highest BCUT2D eigenvalue weighted by Crippen LogP contribution is 2.21. The Morgan fingerprint density at radius 3 is 2.81 bits per heavy atom. The van der Waals surface area contributed by atoms with Gasteiger partial charge in [0.05, 0.1) is 7.11 Å². The Kier molecular flexibility index (Phi) is 6.21. The van der Waals surface area contributed by atoms with Crippen LogP contribution in [-0.4, -0.2) is 40.6 Å². The van der Waals surface area contributed by atoms with Crippen molar-refractivity contribution in [3.63, 3.8) is 0 Å². The zero-order valence-corrected chi connectivity index (χ0v) is 13.5. The van der Waals surface area contributed by atoms with Crippen molar-refractivity contribution in [2.24, 2.45) is 0 Å². The number of halogens is 1. The van der Waals surface area contributed by atoms with Crippen LogP contribution in [0, 0.1) is 6.92 Å². The van der Waals surface area contributed by atoms with Crippen LogP contribution in [0.15, 0.2) is 15.4 Å². The van der Waals surface area contributed by atoms with Gasteiger partial charge in [-0.2, -0.15) is 0 Å². The number of hydrogen-bond acceptors (Lipinski definition) is 6. The molecule has 0 bridgehead atoms. The summed E-state index contributed by atoms with van der Waals surface area (Å²) in [7, 11) is -2.49. The van der Waals surface area contributed by atoms with E-state index in [0.29, 0.717) is 6.54 Å². The third-order valence-electron chi connectivity index (χ3n) is 3.17. The number of piperidine rings is 1. The maximum absolute atomic E-state index is 12.3. The third kappa shape index (κ3) is 4.19. The Bertz CT molecular complexity index is 593. The maximum Gasteiger partial charge on any atom is 0.373 e. The van der Waals surface area contributed by atoms with E-state index in [4.69, 9.17) is 4.42 Å². The van der Waals surface area contributed by atoms with Crippen LogP contribution in [0.25, 0.3) is 0 Å². The van der Waals surface area contributed by atoms with Crippen LogP contribution in [-0.2, 0) is 14.8 Å². The first kappa shape index (κ1) is 18.0. The van der Waals surface area contributed by atoms with Crippen LogP contribution in [0.4, 0.5) is 0 Å². The van der Waals surface area contributed by atoms with Crippen LogP contribution < -0.4 is 10.0 Å². The molecule has 2 heterocycles. The first-order valence-corrected chi connectivity index (χ1v) is 7.84. The number of hydrogen-bond donors (Lipinski definition) is 2. The minimum atomic E-state index is -3.70. The predicted molar refractivity (Wildman–Crippen MR) is 78.2 cm³/mol. The fourth-order valence-corrected chi connectivity index (χ4v) is 3.62. The van der Waals surface area contributed by atoms with Crippen LogP contribution in [0.1, 0.15) is 29.2 Å². The Labute approximate surface area is 129 Å². The molecule has 0 aromatic carbocycles. The number of rotatable bonds is 4. The van der Waals surface area contributed by atoms with Crippen molar-refractivity contribution in [1.29, 1.82) is 0 Å². The molecule has 0 saturated carbocycles. The van der Waals surface area contributed by atoms with E-state index in [1.54, 1.807) is 0 Å². The molecule has 0 spiro atoms. The summed E-state index contributed by atoms with van der Waals surface area (Å²) >= 11 is 0. The van der Waals surface area contributed by atoms with Crippen molar-refractivity contribution in [2.45, 2.75) is 30.7 Å². The van der Waals surface area contributed by atoms with Gasteiger partial charge in [-0.1, -0.05) is 0 Å². The predicted octanol–water partition coefficient (Wildman–Crippen LogP) is 0.827. The first-order valence-electron chi connectivity index (χ1n) is 6.36. The van der Waals surface area contributed by atoms with Crippen molar-refractivity contribution in [3.05, 3.63) is 17.6 Å². The van der Waals surface area contributed by atoms with Gasteiger partial charge >= 0.3 is 5.97 Å². The molecular weight excluding hydrogens is 320 g/mol. The molecule has 21 heavy (non-hydrogen) atoms. The molecule has 0 radical (unpaired) electrons. The SMILES string of the molecule is COC(=O)c1cc(S(=O)(=O)NC2CCCNC2)c(C)o1.Cl. The zero-order chi connectivity index (χ0) is 14.8. The molecule has 1 fully saturated rings. The van der Waals surface area contributed by atoms with E-state index in [1.165, 1.54) is 20.1 Å². The molecule has 1 saturated heterocycles. The van der Waals surface area contributed by atoms with Crippen LogP contribution in [0.5, 0.6) is 0 Å². The van der Waals surface area contributed by atoms with E-state index < -0.39 is 16.0 Å². The highest BCUT2D eigenvalue weighted by molar-refractivity contribution is 7.89. The second-order valence-corrected chi connectivity index (χ2v) is 6.37. The van der Waals surface area contributed by atoms with Crippen LogP contribution in [0.2, 0.25) is 0 Å². The molecule has 2 N–H and O–H groups in total. The molecular formula is C12H19ClN2O5S. The lowest BCUT2D eigenvalue weighted by Crippen LogP contribution is -2.45. The average Bonchev–Trinajstić information content (AvgIpc) is 2.81. The standard InChI is InChI=1S/C12H18N2O5S.ClH/c1-8-11(6-10(19-8)12(15)18-2)20(16,17)14-9-4-3-5-13-7-9;/h6,9,13-14H,3-5,7H2,1-2H3;1H. The lowest BCUT2D eigenvalue weighted by Gasteiger charge is -2.23. The fraction of sp³-hybridized carbons (Fsp3) is 0.583. The van der Waals surface area contributed by atoms with Gasteiger partial charge in [0, 0.05) is 18.7 Å². The summed E-state index contributed by atoms with van der Waals surface area (Å²) in [5.41, 5.74) is 0. The van der Waals surface area contributed by atoms with E-state index in [9.17, 15) is 13.2 Å².